The first kappa shape index (κ1) is 10.3. The van der Waals surface area contributed by atoms with Crippen LogP contribution in [0.1, 0.15) is 18.9 Å². The fraction of sp³-hybridized carbons (Fsp3) is 0.333. The van der Waals surface area contributed by atoms with Crippen LogP contribution in [0.2, 0.25) is 0 Å². The highest BCUT2D eigenvalue weighted by Crippen LogP contribution is 2.38. The van der Waals surface area contributed by atoms with Gasteiger partial charge in [-0.05, 0) is 25.0 Å². The minimum atomic E-state index is -0.334. The zero-order valence-electron chi connectivity index (χ0n) is 9.43. The quantitative estimate of drug-likeness (QED) is 0.817. The molecule has 1 aromatic carbocycles. The number of ether oxygens (including phenoxy) is 1. The molecule has 0 N–H and O–H groups in total. The number of methoxy groups -OCH3 is 1. The van der Waals surface area contributed by atoms with Crippen molar-refractivity contribution in [2.24, 2.45) is 0 Å². The summed E-state index contributed by atoms with van der Waals surface area (Å²) in [5.41, 5.74) is 0.468. The van der Waals surface area contributed by atoms with E-state index in [1.165, 1.54) is 13.2 Å². The van der Waals surface area contributed by atoms with Crippen molar-refractivity contribution in [3.05, 3.63) is 30.3 Å². The molecule has 3 rings (SSSR count). The van der Waals surface area contributed by atoms with Crippen LogP contribution >= 0.6 is 0 Å². The second-order valence-electron chi connectivity index (χ2n) is 4.14. The number of aromatic nitrogens is 3. The first-order valence-corrected chi connectivity index (χ1v) is 5.53. The molecule has 0 bridgehead atoms. The van der Waals surface area contributed by atoms with Gasteiger partial charge in [0.1, 0.15) is 17.9 Å². The average Bonchev–Trinajstić information content (AvgIpc) is 3.08. The van der Waals surface area contributed by atoms with Crippen LogP contribution in [0.25, 0.3) is 11.4 Å². The molecule has 1 heterocycles. The summed E-state index contributed by atoms with van der Waals surface area (Å²) in [7, 11) is 1.52. The lowest BCUT2D eigenvalue weighted by Gasteiger charge is -2.07. The lowest BCUT2D eigenvalue weighted by molar-refractivity contribution is 0.411. The van der Waals surface area contributed by atoms with E-state index in [4.69, 9.17) is 4.74 Å². The summed E-state index contributed by atoms with van der Waals surface area (Å²) in [5, 5.41) is 7.85. The zero-order valence-corrected chi connectivity index (χ0v) is 9.43. The van der Waals surface area contributed by atoms with E-state index in [1.807, 2.05) is 4.57 Å². The maximum atomic E-state index is 13.9. The van der Waals surface area contributed by atoms with Gasteiger partial charge in [-0.1, -0.05) is 0 Å². The van der Waals surface area contributed by atoms with E-state index in [0.29, 0.717) is 23.2 Å². The Hall–Kier alpha value is -1.91. The van der Waals surface area contributed by atoms with Crippen LogP contribution in [0.5, 0.6) is 5.75 Å². The Morgan fingerprint density at radius 1 is 1.41 bits per heavy atom. The van der Waals surface area contributed by atoms with Crippen LogP contribution in [0.4, 0.5) is 4.39 Å². The smallest absolute Gasteiger partial charge is 0.166 e. The molecule has 1 aliphatic rings. The Bertz CT molecular complexity index is 548. The SMILES string of the molecule is COc1ccc(-c2nncn2C2CC2)c(F)c1. The lowest BCUT2D eigenvalue weighted by atomic mass is 10.2. The van der Waals surface area contributed by atoms with Gasteiger partial charge in [-0.2, -0.15) is 0 Å². The summed E-state index contributed by atoms with van der Waals surface area (Å²) < 4.78 is 20.8. The summed E-state index contributed by atoms with van der Waals surface area (Å²) in [4.78, 5) is 0. The maximum Gasteiger partial charge on any atom is 0.166 e. The van der Waals surface area contributed by atoms with Crippen molar-refractivity contribution >= 4 is 0 Å². The van der Waals surface area contributed by atoms with Gasteiger partial charge in [-0.25, -0.2) is 4.39 Å². The molecule has 0 unspecified atom stereocenters. The van der Waals surface area contributed by atoms with Gasteiger partial charge in [0.15, 0.2) is 5.82 Å². The highest BCUT2D eigenvalue weighted by Gasteiger charge is 2.27. The van der Waals surface area contributed by atoms with Crippen LogP contribution in [0.15, 0.2) is 24.5 Å². The van der Waals surface area contributed by atoms with Gasteiger partial charge in [0.25, 0.3) is 0 Å². The second-order valence-corrected chi connectivity index (χ2v) is 4.14. The lowest BCUT2D eigenvalue weighted by Crippen LogP contribution is -1.98. The van der Waals surface area contributed by atoms with Gasteiger partial charge < -0.3 is 9.30 Å². The first-order chi connectivity index (χ1) is 8.29. The number of halogens is 1. The fourth-order valence-electron chi connectivity index (χ4n) is 1.86. The Kier molecular flexibility index (Phi) is 2.31. The largest absolute Gasteiger partial charge is 0.497 e. The van der Waals surface area contributed by atoms with E-state index >= 15 is 0 Å². The van der Waals surface area contributed by atoms with E-state index in [-0.39, 0.29) is 5.82 Å². The number of hydrogen-bond acceptors (Lipinski definition) is 3. The Morgan fingerprint density at radius 3 is 2.88 bits per heavy atom. The monoisotopic (exact) mass is 233 g/mol. The van der Waals surface area contributed by atoms with Crippen molar-refractivity contribution in [2.75, 3.05) is 7.11 Å². The summed E-state index contributed by atoms with van der Waals surface area (Å²) in [6, 6.07) is 5.20. The molecule has 1 saturated carbocycles. The standard InChI is InChI=1S/C12H12FN3O/c1-17-9-4-5-10(11(13)6-9)12-15-14-7-16(12)8-2-3-8/h4-8H,2-3H2,1H3. The Labute approximate surface area is 98.0 Å². The topological polar surface area (TPSA) is 39.9 Å². The molecule has 4 nitrogen and oxygen atoms in total. The van der Waals surface area contributed by atoms with E-state index in [1.54, 1.807) is 18.5 Å². The van der Waals surface area contributed by atoms with Gasteiger partial charge in [0.05, 0.1) is 12.7 Å². The molecule has 1 fully saturated rings. The van der Waals surface area contributed by atoms with E-state index in [9.17, 15) is 4.39 Å². The van der Waals surface area contributed by atoms with Crippen molar-refractivity contribution in [1.82, 2.24) is 14.8 Å². The van der Waals surface area contributed by atoms with Crippen LogP contribution in [0.3, 0.4) is 0 Å². The predicted molar refractivity (Wildman–Crippen MR) is 60.2 cm³/mol. The minimum Gasteiger partial charge on any atom is -0.497 e. The normalized spacial score (nSPS) is 14.9. The van der Waals surface area contributed by atoms with Crippen molar-refractivity contribution < 1.29 is 9.13 Å². The van der Waals surface area contributed by atoms with Crippen LogP contribution in [-0.2, 0) is 0 Å². The molecule has 1 aromatic heterocycles. The van der Waals surface area contributed by atoms with Crippen molar-refractivity contribution in [1.29, 1.82) is 0 Å². The summed E-state index contributed by atoms with van der Waals surface area (Å²) in [6.07, 6.45) is 3.89. The van der Waals surface area contributed by atoms with Gasteiger partial charge in [0.2, 0.25) is 0 Å². The molecule has 0 atom stereocenters. The third-order valence-electron chi connectivity index (χ3n) is 2.93. The van der Waals surface area contributed by atoms with Crippen LogP contribution in [-0.4, -0.2) is 21.9 Å². The first-order valence-electron chi connectivity index (χ1n) is 5.53. The number of rotatable bonds is 3. The zero-order chi connectivity index (χ0) is 11.8. The molecule has 88 valence electrons. The summed E-state index contributed by atoms with van der Waals surface area (Å²) in [5.74, 6) is 0.760. The van der Waals surface area contributed by atoms with Gasteiger partial charge in [-0.15, -0.1) is 10.2 Å². The number of nitrogens with zero attached hydrogens (tertiary/aromatic N) is 3. The second kappa shape index (κ2) is 3.84. The maximum absolute atomic E-state index is 13.9. The fourth-order valence-corrected chi connectivity index (χ4v) is 1.86. The molecular formula is C12H12FN3O. The Morgan fingerprint density at radius 2 is 2.24 bits per heavy atom. The van der Waals surface area contributed by atoms with E-state index < -0.39 is 0 Å². The molecule has 17 heavy (non-hydrogen) atoms. The third kappa shape index (κ3) is 1.77. The molecule has 1 aliphatic carbocycles. The highest BCUT2D eigenvalue weighted by atomic mass is 19.1. The summed E-state index contributed by atoms with van der Waals surface area (Å²) in [6.45, 7) is 0. The van der Waals surface area contributed by atoms with Gasteiger partial charge in [0, 0.05) is 12.1 Å². The van der Waals surface area contributed by atoms with E-state index in [0.717, 1.165) is 12.8 Å². The third-order valence-corrected chi connectivity index (χ3v) is 2.93. The Balaban J connectivity index is 2.05. The van der Waals surface area contributed by atoms with Crippen LogP contribution in [0, 0.1) is 5.82 Å². The summed E-state index contributed by atoms with van der Waals surface area (Å²) >= 11 is 0. The van der Waals surface area contributed by atoms with Gasteiger partial charge in [-0.3, -0.25) is 0 Å². The number of hydrogen-bond donors (Lipinski definition) is 0. The van der Waals surface area contributed by atoms with Crippen LogP contribution < -0.4 is 4.74 Å². The average molecular weight is 233 g/mol. The van der Waals surface area contributed by atoms with E-state index in [2.05, 4.69) is 10.2 Å². The highest BCUT2D eigenvalue weighted by molar-refractivity contribution is 5.57. The molecule has 0 aliphatic heterocycles. The number of benzene rings is 1. The van der Waals surface area contributed by atoms with Crippen molar-refractivity contribution in [3.63, 3.8) is 0 Å². The predicted octanol–water partition coefficient (Wildman–Crippen LogP) is 2.43. The molecular weight excluding hydrogens is 221 g/mol. The molecule has 0 saturated heterocycles. The van der Waals surface area contributed by atoms with Crippen molar-refractivity contribution in [3.8, 4) is 17.1 Å². The van der Waals surface area contributed by atoms with Gasteiger partial charge >= 0.3 is 0 Å². The molecule has 0 radical (unpaired) electrons. The molecule has 0 amide bonds. The molecule has 5 heteroatoms. The molecule has 2 aromatic rings. The molecule has 0 spiro atoms. The minimum absolute atomic E-state index is 0.334. The van der Waals surface area contributed by atoms with Crippen molar-refractivity contribution in [2.45, 2.75) is 18.9 Å².